The van der Waals surface area contributed by atoms with Gasteiger partial charge in [0, 0.05) is 18.8 Å². The van der Waals surface area contributed by atoms with Crippen molar-refractivity contribution in [3.8, 4) is 5.75 Å². The monoisotopic (exact) mass is 300 g/mol. The van der Waals surface area contributed by atoms with Crippen molar-refractivity contribution in [3.05, 3.63) is 24.3 Å². The fraction of sp³-hybridized carbons (Fsp3) is 0.500. The van der Waals surface area contributed by atoms with E-state index in [-0.39, 0.29) is 24.4 Å². The van der Waals surface area contributed by atoms with Gasteiger partial charge in [-0.05, 0) is 43.5 Å². The number of carbonyl (C=O) groups excluding carboxylic acids is 1. The molecule has 0 aromatic heterocycles. The van der Waals surface area contributed by atoms with Crippen LogP contribution in [0.3, 0.4) is 0 Å². The van der Waals surface area contributed by atoms with Gasteiger partial charge in [0.2, 0.25) is 0 Å². The van der Waals surface area contributed by atoms with E-state index >= 15 is 0 Å². The molecule has 20 heavy (non-hydrogen) atoms. The number of nitrogens with two attached hydrogens (primary N) is 1. The second-order valence-electron chi connectivity index (χ2n) is 4.51. The summed E-state index contributed by atoms with van der Waals surface area (Å²) in [6.07, 6.45) is 2.56. The van der Waals surface area contributed by atoms with E-state index in [1.54, 1.807) is 0 Å². The van der Waals surface area contributed by atoms with E-state index in [1.165, 1.54) is 0 Å². The third-order valence-electron chi connectivity index (χ3n) is 2.98. The van der Waals surface area contributed by atoms with Gasteiger partial charge in [-0.2, -0.15) is 0 Å². The zero-order chi connectivity index (χ0) is 13.5. The highest BCUT2D eigenvalue weighted by Crippen LogP contribution is 2.18. The summed E-state index contributed by atoms with van der Waals surface area (Å²) in [5, 5.41) is 2.85. The number of halogens is 1. The van der Waals surface area contributed by atoms with Crippen LogP contribution < -0.4 is 15.8 Å². The molecular formula is C14H21ClN2O3. The molecule has 1 atom stereocenters. The highest BCUT2D eigenvalue weighted by Gasteiger charge is 2.21. The average Bonchev–Trinajstić information content (AvgIpc) is 2.47. The van der Waals surface area contributed by atoms with Crippen LogP contribution in [0.2, 0.25) is 0 Å². The molecule has 1 amide bonds. The maximum absolute atomic E-state index is 11.9. The second-order valence-corrected chi connectivity index (χ2v) is 4.51. The molecular weight excluding hydrogens is 280 g/mol. The minimum Gasteiger partial charge on any atom is -0.492 e. The van der Waals surface area contributed by atoms with Gasteiger partial charge in [-0.25, -0.2) is 0 Å². The van der Waals surface area contributed by atoms with Crippen LogP contribution in [0.5, 0.6) is 5.75 Å². The van der Waals surface area contributed by atoms with Crippen LogP contribution in [0.15, 0.2) is 24.3 Å². The SMILES string of the molecule is Cl.NCCOc1ccc(NC(=O)C2CCCCO2)cc1. The molecule has 1 saturated heterocycles. The normalized spacial score (nSPS) is 17.9. The predicted octanol–water partition coefficient (Wildman–Crippen LogP) is 1.95. The number of hydrogen-bond donors (Lipinski definition) is 2. The number of hydrogen-bond acceptors (Lipinski definition) is 4. The van der Waals surface area contributed by atoms with Crippen molar-refractivity contribution >= 4 is 24.0 Å². The summed E-state index contributed by atoms with van der Waals surface area (Å²) in [6, 6.07) is 7.25. The zero-order valence-electron chi connectivity index (χ0n) is 11.3. The van der Waals surface area contributed by atoms with Gasteiger partial charge in [-0.15, -0.1) is 12.4 Å². The number of nitrogens with one attached hydrogen (secondary N) is 1. The summed E-state index contributed by atoms with van der Waals surface area (Å²) in [7, 11) is 0. The van der Waals surface area contributed by atoms with Crippen molar-refractivity contribution in [2.24, 2.45) is 5.73 Å². The fourth-order valence-corrected chi connectivity index (χ4v) is 1.98. The van der Waals surface area contributed by atoms with E-state index in [9.17, 15) is 4.79 Å². The largest absolute Gasteiger partial charge is 0.492 e. The Morgan fingerprint density at radius 2 is 2.10 bits per heavy atom. The molecule has 0 radical (unpaired) electrons. The summed E-state index contributed by atoms with van der Waals surface area (Å²) < 4.78 is 10.8. The average molecular weight is 301 g/mol. The van der Waals surface area contributed by atoms with Crippen LogP contribution in [0.4, 0.5) is 5.69 Å². The summed E-state index contributed by atoms with van der Waals surface area (Å²) in [4.78, 5) is 11.9. The van der Waals surface area contributed by atoms with E-state index < -0.39 is 0 Å². The molecule has 0 saturated carbocycles. The van der Waals surface area contributed by atoms with Gasteiger partial charge in [0.05, 0.1) is 0 Å². The van der Waals surface area contributed by atoms with Crippen LogP contribution in [0.25, 0.3) is 0 Å². The minimum absolute atomic E-state index is 0. The summed E-state index contributed by atoms with van der Waals surface area (Å²) >= 11 is 0. The van der Waals surface area contributed by atoms with Gasteiger partial charge in [-0.3, -0.25) is 4.79 Å². The predicted molar refractivity (Wildman–Crippen MR) is 80.5 cm³/mol. The van der Waals surface area contributed by atoms with Gasteiger partial charge < -0.3 is 20.5 Å². The maximum atomic E-state index is 11.9. The van der Waals surface area contributed by atoms with E-state index in [0.29, 0.717) is 19.8 Å². The Balaban J connectivity index is 0.00000200. The lowest BCUT2D eigenvalue weighted by molar-refractivity contribution is -0.129. The molecule has 5 nitrogen and oxygen atoms in total. The standard InChI is InChI=1S/C14H20N2O3.ClH/c15-8-10-18-12-6-4-11(5-7-12)16-14(17)13-3-1-2-9-19-13;/h4-7,13H,1-3,8-10,15H2,(H,16,17);1H. The first-order chi connectivity index (χ1) is 9.29. The molecule has 3 N–H and O–H groups in total. The molecule has 6 heteroatoms. The molecule has 1 aromatic rings. The van der Waals surface area contributed by atoms with Crippen LogP contribution in [-0.2, 0) is 9.53 Å². The fourth-order valence-electron chi connectivity index (χ4n) is 1.98. The lowest BCUT2D eigenvalue weighted by atomic mass is 10.1. The smallest absolute Gasteiger partial charge is 0.253 e. The van der Waals surface area contributed by atoms with E-state index in [4.69, 9.17) is 15.2 Å². The number of carbonyl (C=O) groups is 1. The van der Waals surface area contributed by atoms with E-state index in [1.807, 2.05) is 24.3 Å². The lowest BCUT2D eigenvalue weighted by Crippen LogP contribution is -2.33. The second kappa shape index (κ2) is 8.79. The van der Waals surface area contributed by atoms with Gasteiger partial charge >= 0.3 is 0 Å². The van der Waals surface area contributed by atoms with Crippen molar-refractivity contribution < 1.29 is 14.3 Å². The van der Waals surface area contributed by atoms with Crippen molar-refractivity contribution in [2.75, 3.05) is 25.1 Å². The Morgan fingerprint density at radius 3 is 2.70 bits per heavy atom. The van der Waals surface area contributed by atoms with Gasteiger partial charge in [0.25, 0.3) is 5.91 Å². The lowest BCUT2D eigenvalue weighted by Gasteiger charge is -2.21. The topological polar surface area (TPSA) is 73.6 Å². The molecule has 1 fully saturated rings. The number of benzene rings is 1. The number of rotatable bonds is 5. The molecule has 1 aliphatic rings. The molecule has 2 rings (SSSR count). The Kier molecular flexibility index (Phi) is 7.36. The molecule has 112 valence electrons. The van der Waals surface area contributed by atoms with Crippen LogP contribution in [-0.4, -0.2) is 31.8 Å². The summed E-state index contributed by atoms with van der Waals surface area (Å²) in [6.45, 7) is 1.64. The Morgan fingerprint density at radius 1 is 1.35 bits per heavy atom. The zero-order valence-corrected chi connectivity index (χ0v) is 12.2. The third-order valence-corrected chi connectivity index (χ3v) is 2.98. The Labute approximate surface area is 125 Å². The number of anilines is 1. The van der Waals surface area contributed by atoms with E-state index in [2.05, 4.69) is 5.32 Å². The minimum atomic E-state index is -0.318. The Bertz CT molecular complexity index is 405. The molecule has 1 aliphatic heterocycles. The summed E-state index contributed by atoms with van der Waals surface area (Å²) in [5.74, 6) is 0.674. The molecule has 1 heterocycles. The highest BCUT2D eigenvalue weighted by atomic mass is 35.5. The molecule has 1 aromatic carbocycles. The Hall–Kier alpha value is -1.30. The van der Waals surface area contributed by atoms with Crippen molar-refractivity contribution in [1.29, 1.82) is 0 Å². The van der Waals surface area contributed by atoms with Crippen LogP contribution >= 0.6 is 12.4 Å². The maximum Gasteiger partial charge on any atom is 0.253 e. The first kappa shape index (κ1) is 16.8. The van der Waals surface area contributed by atoms with Crippen LogP contribution in [0, 0.1) is 0 Å². The molecule has 0 spiro atoms. The first-order valence-corrected chi connectivity index (χ1v) is 6.65. The van der Waals surface area contributed by atoms with Gasteiger partial charge in [-0.1, -0.05) is 0 Å². The van der Waals surface area contributed by atoms with Gasteiger partial charge in [0.15, 0.2) is 0 Å². The summed E-state index contributed by atoms with van der Waals surface area (Å²) in [5.41, 5.74) is 6.11. The molecule has 0 bridgehead atoms. The van der Waals surface area contributed by atoms with Crippen molar-refractivity contribution in [2.45, 2.75) is 25.4 Å². The number of amides is 1. The van der Waals surface area contributed by atoms with Crippen molar-refractivity contribution in [1.82, 2.24) is 0 Å². The van der Waals surface area contributed by atoms with Gasteiger partial charge in [0.1, 0.15) is 18.5 Å². The van der Waals surface area contributed by atoms with Crippen molar-refractivity contribution in [3.63, 3.8) is 0 Å². The highest BCUT2D eigenvalue weighted by molar-refractivity contribution is 5.94. The quantitative estimate of drug-likeness (QED) is 0.872. The third kappa shape index (κ3) is 5.00. The number of ether oxygens (including phenoxy) is 2. The first-order valence-electron chi connectivity index (χ1n) is 6.65. The van der Waals surface area contributed by atoms with Crippen LogP contribution in [0.1, 0.15) is 19.3 Å². The molecule has 0 aliphatic carbocycles. The van der Waals surface area contributed by atoms with E-state index in [0.717, 1.165) is 30.7 Å². The molecule has 1 unspecified atom stereocenters.